The van der Waals surface area contributed by atoms with Gasteiger partial charge in [-0.05, 0) is 61.4 Å². The topological polar surface area (TPSA) is 134 Å². The van der Waals surface area contributed by atoms with Gasteiger partial charge in [0.1, 0.15) is 12.4 Å². The average molecular weight is 555 g/mol. The van der Waals surface area contributed by atoms with Crippen molar-refractivity contribution in [3.05, 3.63) is 96.1 Å². The number of carbonyl (C=O) groups is 1. The van der Waals surface area contributed by atoms with Crippen molar-refractivity contribution in [2.45, 2.75) is 60.7 Å². The molecule has 0 aromatic heterocycles. The molecule has 0 bridgehead atoms. The highest BCUT2D eigenvalue weighted by Crippen LogP contribution is 2.41. The van der Waals surface area contributed by atoms with E-state index < -0.39 is 33.0 Å². The quantitative estimate of drug-likeness (QED) is 0.232. The highest BCUT2D eigenvalue weighted by molar-refractivity contribution is 7.92. The minimum Gasteiger partial charge on any atom is -0.489 e. The number of hydrogen-bond donors (Lipinski definition) is 4. The summed E-state index contributed by atoms with van der Waals surface area (Å²) >= 11 is 0. The van der Waals surface area contributed by atoms with Gasteiger partial charge in [-0.3, -0.25) is 4.84 Å². The van der Waals surface area contributed by atoms with Gasteiger partial charge in [-0.25, -0.2) is 13.2 Å². The van der Waals surface area contributed by atoms with Crippen LogP contribution in [0.1, 0.15) is 36.8 Å². The smallest absolute Gasteiger partial charge is 0.404 e. The second-order valence-electron chi connectivity index (χ2n) is 9.63. The average Bonchev–Trinajstić information content (AvgIpc) is 3.43. The molecular formula is C29H34N2O7S. The fraction of sp³-hybridized carbons (Fsp3) is 0.345. The molecule has 3 aromatic rings. The van der Waals surface area contributed by atoms with Gasteiger partial charge >= 0.3 is 6.09 Å². The Labute approximate surface area is 228 Å². The van der Waals surface area contributed by atoms with Crippen molar-refractivity contribution in [2.24, 2.45) is 0 Å². The van der Waals surface area contributed by atoms with Gasteiger partial charge < -0.3 is 20.3 Å². The van der Waals surface area contributed by atoms with Crippen LogP contribution < -0.4 is 15.5 Å². The lowest BCUT2D eigenvalue weighted by Gasteiger charge is -2.30. The van der Waals surface area contributed by atoms with Crippen molar-refractivity contribution in [3.8, 4) is 5.75 Å². The number of benzene rings is 3. The number of aliphatic hydroxyl groups is 1. The molecule has 1 aliphatic carbocycles. The third kappa shape index (κ3) is 7.36. The lowest BCUT2D eigenvalue weighted by Crippen LogP contribution is -2.50. The van der Waals surface area contributed by atoms with E-state index in [4.69, 9.17) is 9.57 Å². The van der Waals surface area contributed by atoms with Gasteiger partial charge in [0.25, 0.3) is 0 Å². The van der Waals surface area contributed by atoms with Crippen LogP contribution in [0.25, 0.3) is 0 Å². The fourth-order valence-corrected chi connectivity index (χ4v) is 6.69. The largest absolute Gasteiger partial charge is 0.489 e. The number of nitrogens with one attached hydrogen (secondary N) is 2. The van der Waals surface area contributed by atoms with Crippen LogP contribution in [-0.2, 0) is 27.7 Å². The summed E-state index contributed by atoms with van der Waals surface area (Å²) < 4.78 is 33.4. The molecule has 9 nitrogen and oxygen atoms in total. The number of rotatable bonds is 13. The first-order valence-electron chi connectivity index (χ1n) is 12.9. The summed E-state index contributed by atoms with van der Waals surface area (Å²) in [5, 5.41) is 22.3. The first-order chi connectivity index (χ1) is 18.8. The van der Waals surface area contributed by atoms with E-state index in [2.05, 4.69) is 10.8 Å². The van der Waals surface area contributed by atoms with E-state index in [0.717, 1.165) is 11.1 Å². The van der Waals surface area contributed by atoms with E-state index in [0.29, 0.717) is 25.2 Å². The van der Waals surface area contributed by atoms with Crippen LogP contribution >= 0.6 is 0 Å². The van der Waals surface area contributed by atoms with Crippen molar-refractivity contribution >= 4 is 15.9 Å². The van der Waals surface area contributed by atoms with Crippen LogP contribution in [0.2, 0.25) is 0 Å². The molecule has 0 heterocycles. The third-order valence-corrected chi connectivity index (χ3v) is 9.19. The van der Waals surface area contributed by atoms with Crippen LogP contribution in [0, 0.1) is 0 Å². The lowest BCUT2D eigenvalue weighted by atomic mass is 10.0. The Kier molecular flexibility index (Phi) is 9.58. The molecule has 2 atom stereocenters. The van der Waals surface area contributed by atoms with Crippen LogP contribution in [-0.4, -0.2) is 48.3 Å². The Hall–Kier alpha value is -3.44. The van der Waals surface area contributed by atoms with Crippen molar-refractivity contribution in [2.75, 3.05) is 6.54 Å². The lowest BCUT2D eigenvalue weighted by molar-refractivity contribution is -0.0657. The summed E-state index contributed by atoms with van der Waals surface area (Å²) in [7, 11) is -3.95. The number of sulfone groups is 1. The van der Waals surface area contributed by atoms with E-state index in [1.165, 1.54) is 12.1 Å². The maximum atomic E-state index is 13.8. The Morgan fingerprint density at radius 1 is 0.923 bits per heavy atom. The summed E-state index contributed by atoms with van der Waals surface area (Å²) in [5.74, 6) is 0.431. The van der Waals surface area contributed by atoms with E-state index in [1.807, 2.05) is 60.7 Å². The highest BCUT2D eigenvalue weighted by Gasteiger charge is 2.49. The van der Waals surface area contributed by atoms with Crippen molar-refractivity contribution in [1.29, 1.82) is 0 Å². The molecule has 0 saturated heterocycles. The molecular weight excluding hydrogens is 520 g/mol. The van der Waals surface area contributed by atoms with Gasteiger partial charge in [0.2, 0.25) is 9.84 Å². The molecule has 0 spiro atoms. The van der Waals surface area contributed by atoms with Gasteiger partial charge in [-0.15, -0.1) is 0 Å². The number of amides is 1. The highest BCUT2D eigenvalue weighted by atomic mass is 32.2. The monoisotopic (exact) mass is 554 g/mol. The maximum Gasteiger partial charge on any atom is 0.404 e. The molecule has 4 N–H and O–H groups in total. The molecule has 39 heavy (non-hydrogen) atoms. The van der Waals surface area contributed by atoms with Crippen LogP contribution in [0.5, 0.6) is 5.75 Å². The van der Waals surface area contributed by atoms with Crippen LogP contribution in [0.15, 0.2) is 89.8 Å². The summed E-state index contributed by atoms with van der Waals surface area (Å²) in [5.41, 5.74) is 4.46. The zero-order chi connectivity index (χ0) is 27.7. The standard InChI is InChI=1S/C29H34N2O7S/c32-27(26(31-28(33)34)18-22-10-3-1-4-11-22)20-30-38-29(16-7-8-17-29)39(35,36)25-15-9-14-24(19-25)37-21-23-12-5-2-6-13-23/h1-6,9-15,19,26-27,30-32H,7-8,16-18,20-21H2,(H,33,34)/t26-,27+/m0/s1. The van der Waals surface area contributed by atoms with E-state index in [-0.39, 0.29) is 30.7 Å². The number of aliphatic hydroxyl groups excluding tert-OH is 1. The maximum absolute atomic E-state index is 13.8. The number of ether oxygens (including phenoxy) is 1. The molecule has 1 aliphatic rings. The van der Waals surface area contributed by atoms with Gasteiger partial charge in [0.05, 0.1) is 17.0 Å². The fourth-order valence-electron chi connectivity index (χ4n) is 4.74. The van der Waals surface area contributed by atoms with Crippen molar-refractivity contribution in [1.82, 2.24) is 10.8 Å². The molecule has 1 fully saturated rings. The molecule has 10 heteroatoms. The van der Waals surface area contributed by atoms with E-state index in [1.54, 1.807) is 12.1 Å². The molecule has 0 radical (unpaired) electrons. The molecule has 0 aliphatic heterocycles. The predicted octanol–water partition coefficient (Wildman–Crippen LogP) is 4.07. The second-order valence-corrected chi connectivity index (χ2v) is 11.9. The normalized spacial score (nSPS) is 16.3. The summed E-state index contributed by atoms with van der Waals surface area (Å²) in [6, 6.07) is 24.3. The number of hydroxylamine groups is 1. The third-order valence-electron chi connectivity index (χ3n) is 6.84. The van der Waals surface area contributed by atoms with Gasteiger partial charge in [0, 0.05) is 6.54 Å². The first kappa shape index (κ1) is 28.6. The Morgan fingerprint density at radius 2 is 1.56 bits per heavy atom. The number of hydrogen-bond acceptors (Lipinski definition) is 7. The van der Waals surface area contributed by atoms with E-state index in [9.17, 15) is 23.4 Å². The molecule has 3 aromatic carbocycles. The first-order valence-corrected chi connectivity index (χ1v) is 14.4. The Morgan fingerprint density at radius 3 is 2.21 bits per heavy atom. The molecule has 1 saturated carbocycles. The SMILES string of the molecule is O=C(O)N[C@@H](Cc1ccccc1)[C@H](O)CNOC1(S(=O)(=O)c2cccc(OCc3ccccc3)c2)CCCC1. The summed E-state index contributed by atoms with van der Waals surface area (Å²) in [6.45, 7) is 0.134. The van der Waals surface area contributed by atoms with Gasteiger partial charge in [-0.2, -0.15) is 5.48 Å². The molecule has 4 rings (SSSR count). The predicted molar refractivity (Wildman–Crippen MR) is 146 cm³/mol. The minimum absolute atomic E-state index is 0.0896. The van der Waals surface area contributed by atoms with Crippen LogP contribution in [0.3, 0.4) is 0 Å². The Balaban J connectivity index is 1.43. The van der Waals surface area contributed by atoms with Crippen molar-refractivity contribution < 1.29 is 33.0 Å². The van der Waals surface area contributed by atoms with Gasteiger partial charge in [0.15, 0.2) is 4.93 Å². The Bertz CT molecular complexity index is 1310. The second kappa shape index (κ2) is 13.1. The van der Waals surface area contributed by atoms with Crippen molar-refractivity contribution in [3.63, 3.8) is 0 Å². The zero-order valence-corrected chi connectivity index (χ0v) is 22.3. The molecule has 208 valence electrons. The van der Waals surface area contributed by atoms with Gasteiger partial charge in [-0.1, -0.05) is 66.7 Å². The zero-order valence-electron chi connectivity index (χ0n) is 21.5. The van der Waals surface area contributed by atoms with Crippen LogP contribution in [0.4, 0.5) is 4.79 Å². The summed E-state index contributed by atoms with van der Waals surface area (Å²) in [4.78, 5) is 15.7. The molecule has 1 amide bonds. The number of carboxylic acid groups (broad SMARTS) is 1. The minimum atomic E-state index is -3.95. The molecule has 0 unspecified atom stereocenters. The van der Waals surface area contributed by atoms with E-state index >= 15 is 0 Å². The summed E-state index contributed by atoms with van der Waals surface area (Å²) in [6.07, 6.45) is -0.259.